The number of aromatic carboxylic acids is 1. The molecule has 2 aromatic rings. The summed E-state index contributed by atoms with van der Waals surface area (Å²) >= 11 is 3.13. The lowest BCUT2D eigenvalue weighted by Crippen LogP contribution is -2.02. The second kappa shape index (κ2) is 5.92. The number of carboxylic acids is 1. The van der Waals surface area contributed by atoms with Crippen molar-refractivity contribution in [3.63, 3.8) is 0 Å². The molecule has 7 heteroatoms. The van der Waals surface area contributed by atoms with E-state index in [0.717, 1.165) is 0 Å². The lowest BCUT2D eigenvalue weighted by atomic mass is 10.1. The summed E-state index contributed by atoms with van der Waals surface area (Å²) in [5.74, 6) is -1.15. The molecule has 0 bridgehead atoms. The van der Waals surface area contributed by atoms with Crippen LogP contribution in [0, 0.1) is 17.0 Å². The number of rotatable bonds is 4. The van der Waals surface area contributed by atoms with Gasteiger partial charge in [0.15, 0.2) is 0 Å². The minimum Gasteiger partial charge on any atom is -0.478 e. The number of hydrogen-bond acceptors (Lipinski definition) is 4. The topological polar surface area (TPSA) is 89.7 Å². The normalized spacial score (nSPS) is 10.2. The number of nitro groups is 1. The maximum absolute atomic E-state index is 11.3. The van der Waals surface area contributed by atoms with Gasteiger partial charge in [-0.2, -0.15) is 0 Å². The van der Waals surface area contributed by atoms with Gasteiger partial charge in [-0.3, -0.25) is 10.1 Å². The van der Waals surface area contributed by atoms with E-state index in [0.29, 0.717) is 10.0 Å². The summed E-state index contributed by atoms with van der Waals surface area (Å²) in [6, 6.07) is 9.21. The Kier molecular flexibility index (Phi) is 4.23. The fourth-order valence-corrected chi connectivity index (χ4v) is 2.38. The van der Waals surface area contributed by atoms with Crippen LogP contribution in [0.2, 0.25) is 0 Å². The van der Waals surface area contributed by atoms with E-state index in [2.05, 4.69) is 15.9 Å². The average molecular weight is 352 g/mol. The summed E-state index contributed by atoms with van der Waals surface area (Å²) in [5, 5.41) is 20.3. The maximum Gasteiger partial charge on any atom is 0.340 e. The molecule has 1 N–H and O–H groups in total. The lowest BCUT2D eigenvalue weighted by Gasteiger charge is -2.11. The van der Waals surface area contributed by atoms with Gasteiger partial charge in [0.1, 0.15) is 11.3 Å². The first-order valence-corrected chi connectivity index (χ1v) is 6.64. The van der Waals surface area contributed by atoms with E-state index < -0.39 is 10.9 Å². The Morgan fingerprint density at radius 3 is 2.48 bits per heavy atom. The molecule has 21 heavy (non-hydrogen) atoms. The molecule has 0 radical (unpaired) electrons. The summed E-state index contributed by atoms with van der Waals surface area (Å²) < 4.78 is 5.81. The Morgan fingerprint density at radius 2 is 1.86 bits per heavy atom. The molecule has 0 saturated carbocycles. The molecule has 0 saturated heterocycles. The van der Waals surface area contributed by atoms with Gasteiger partial charge in [0.25, 0.3) is 0 Å². The summed E-state index contributed by atoms with van der Waals surface area (Å²) in [6.07, 6.45) is 0. The number of nitro benzene ring substituents is 1. The van der Waals surface area contributed by atoms with Crippen molar-refractivity contribution in [2.45, 2.75) is 6.92 Å². The van der Waals surface area contributed by atoms with Gasteiger partial charge in [0.05, 0.1) is 4.92 Å². The molecule has 0 spiro atoms. The first-order chi connectivity index (χ1) is 9.91. The van der Waals surface area contributed by atoms with E-state index >= 15 is 0 Å². The van der Waals surface area contributed by atoms with Crippen LogP contribution in [0.3, 0.4) is 0 Å². The third-order valence-electron chi connectivity index (χ3n) is 2.79. The number of aryl methyl sites for hydroxylation is 1. The van der Waals surface area contributed by atoms with Crippen LogP contribution in [0.5, 0.6) is 11.5 Å². The van der Waals surface area contributed by atoms with E-state index in [1.165, 1.54) is 12.1 Å². The second-order valence-electron chi connectivity index (χ2n) is 4.20. The van der Waals surface area contributed by atoms with Gasteiger partial charge in [-0.25, -0.2) is 4.79 Å². The van der Waals surface area contributed by atoms with Gasteiger partial charge in [-0.1, -0.05) is 18.2 Å². The monoisotopic (exact) mass is 351 g/mol. The molecule has 0 aliphatic carbocycles. The van der Waals surface area contributed by atoms with Crippen molar-refractivity contribution in [1.82, 2.24) is 0 Å². The molecular formula is C14H10BrNO5. The summed E-state index contributed by atoms with van der Waals surface area (Å²) in [4.78, 5) is 21.8. The number of carboxylic acid groups (broad SMARTS) is 1. The zero-order valence-corrected chi connectivity index (χ0v) is 12.5. The highest BCUT2D eigenvalue weighted by atomic mass is 79.9. The predicted molar refractivity (Wildman–Crippen MR) is 79.0 cm³/mol. The second-order valence-corrected chi connectivity index (χ2v) is 5.05. The molecule has 0 unspecified atom stereocenters. The van der Waals surface area contributed by atoms with Crippen molar-refractivity contribution in [3.05, 3.63) is 62.1 Å². The Morgan fingerprint density at radius 1 is 1.24 bits per heavy atom. The Bertz CT molecular complexity index is 668. The number of carbonyl (C=O) groups is 1. The van der Waals surface area contributed by atoms with Crippen molar-refractivity contribution in [2.75, 3.05) is 0 Å². The lowest BCUT2D eigenvalue weighted by molar-refractivity contribution is -0.386. The summed E-state index contributed by atoms with van der Waals surface area (Å²) in [7, 11) is 0. The summed E-state index contributed by atoms with van der Waals surface area (Å²) in [6.45, 7) is 1.59. The third kappa shape index (κ3) is 3.03. The van der Waals surface area contributed by atoms with E-state index in [4.69, 9.17) is 4.74 Å². The zero-order chi connectivity index (χ0) is 15.6. The molecule has 0 atom stereocenters. The third-order valence-corrected chi connectivity index (χ3v) is 3.45. The van der Waals surface area contributed by atoms with Crippen LogP contribution in [-0.2, 0) is 0 Å². The largest absolute Gasteiger partial charge is 0.478 e. The van der Waals surface area contributed by atoms with Gasteiger partial charge in [0.2, 0.25) is 5.75 Å². The van der Waals surface area contributed by atoms with E-state index in [1.807, 2.05) is 0 Å². The predicted octanol–water partition coefficient (Wildman–Crippen LogP) is 4.16. The van der Waals surface area contributed by atoms with E-state index in [-0.39, 0.29) is 22.7 Å². The number of ether oxygens (including phenoxy) is 1. The van der Waals surface area contributed by atoms with Crippen molar-refractivity contribution >= 4 is 27.6 Å². The Hall–Kier alpha value is -2.41. The van der Waals surface area contributed by atoms with E-state index in [1.54, 1.807) is 31.2 Å². The van der Waals surface area contributed by atoms with Crippen LogP contribution < -0.4 is 4.74 Å². The number of para-hydroxylation sites is 1. The molecule has 6 nitrogen and oxygen atoms in total. The fourth-order valence-electron chi connectivity index (χ4n) is 1.86. The van der Waals surface area contributed by atoms with Gasteiger partial charge < -0.3 is 9.84 Å². The van der Waals surface area contributed by atoms with Gasteiger partial charge >= 0.3 is 11.7 Å². The highest BCUT2D eigenvalue weighted by molar-refractivity contribution is 9.10. The molecule has 2 aromatic carbocycles. The first-order valence-electron chi connectivity index (χ1n) is 5.85. The number of halogens is 1. The molecule has 108 valence electrons. The fraction of sp³-hybridized carbons (Fsp3) is 0.0714. The SMILES string of the molecule is Cc1cccc(Oc2cccc(Br)c2C(=O)O)c1[N+](=O)[O-]. The van der Waals surface area contributed by atoms with Crippen molar-refractivity contribution < 1.29 is 19.6 Å². The smallest absolute Gasteiger partial charge is 0.340 e. The van der Waals surface area contributed by atoms with Gasteiger partial charge in [0, 0.05) is 10.0 Å². The minimum atomic E-state index is -1.19. The number of benzene rings is 2. The Labute approximate surface area is 128 Å². The maximum atomic E-state index is 11.3. The van der Waals surface area contributed by atoms with Crippen LogP contribution in [0.25, 0.3) is 0 Å². The molecule has 0 fully saturated rings. The van der Waals surface area contributed by atoms with Crippen LogP contribution in [-0.4, -0.2) is 16.0 Å². The molecule has 0 amide bonds. The van der Waals surface area contributed by atoms with Crippen molar-refractivity contribution in [1.29, 1.82) is 0 Å². The van der Waals surface area contributed by atoms with Gasteiger partial charge in [-0.15, -0.1) is 0 Å². The van der Waals surface area contributed by atoms with Crippen LogP contribution in [0.4, 0.5) is 5.69 Å². The molecule has 0 aliphatic rings. The van der Waals surface area contributed by atoms with Crippen LogP contribution in [0.1, 0.15) is 15.9 Å². The number of hydrogen-bond donors (Lipinski definition) is 1. The molecule has 0 heterocycles. The van der Waals surface area contributed by atoms with Crippen LogP contribution >= 0.6 is 15.9 Å². The Balaban J connectivity index is 2.54. The highest BCUT2D eigenvalue weighted by Crippen LogP contribution is 2.36. The minimum absolute atomic E-state index is 0.000556. The molecule has 0 aromatic heterocycles. The zero-order valence-electron chi connectivity index (χ0n) is 10.9. The molecule has 2 rings (SSSR count). The first kappa shape index (κ1) is 15.0. The molecular weight excluding hydrogens is 342 g/mol. The summed E-state index contributed by atoms with van der Waals surface area (Å²) in [5.41, 5.74) is 0.159. The van der Waals surface area contributed by atoms with E-state index in [9.17, 15) is 20.0 Å². The molecule has 0 aliphatic heterocycles. The van der Waals surface area contributed by atoms with Gasteiger partial charge in [-0.05, 0) is 41.1 Å². The highest BCUT2D eigenvalue weighted by Gasteiger charge is 2.22. The quantitative estimate of drug-likeness (QED) is 0.659. The standard InChI is InChI=1S/C14H10BrNO5/c1-8-4-2-7-11(13(8)16(19)20)21-10-6-3-5-9(15)12(10)14(17)18/h2-7H,1H3,(H,17,18). The number of nitrogens with zero attached hydrogens (tertiary/aromatic N) is 1. The van der Waals surface area contributed by atoms with Crippen molar-refractivity contribution in [2.24, 2.45) is 0 Å². The van der Waals surface area contributed by atoms with Crippen molar-refractivity contribution in [3.8, 4) is 11.5 Å². The average Bonchev–Trinajstić information content (AvgIpc) is 2.37. The van der Waals surface area contributed by atoms with Crippen LogP contribution in [0.15, 0.2) is 40.9 Å².